The fourth-order valence-corrected chi connectivity index (χ4v) is 2.92. The van der Waals surface area contributed by atoms with Gasteiger partial charge < -0.3 is 14.6 Å². The van der Waals surface area contributed by atoms with E-state index in [1.807, 2.05) is 42.5 Å². The van der Waals surface area contributed by atoms with Gasteiger partial charge in [-0.1, -0.05) is 48.5 Å². The normalized spacial score (nSPS) is 10.4. The van der Waals surface area contributed by atoms with E-state index in [0.717, 1.165) is 18.4 Å². The lowest BCUT2D eigenvalue weighted by atomic mass is 9.99. The Hall–Kier alpha value is -3.65. The van der Waals surface area contributed by atoms with Crippen LogP contribution in [0.5, 0.6) is 5.88 Å². The van der Waals surface area contributed by atoms with Crippen molar-refractivity contribution in [2.45, 2.75) is 19.3 Å². The molecule has 2 amide bonds. The summed E-state index contributed by atoms with van der Waals surface area (Å²) in [7, 11) is 0. The van der Waals surface area contributed by atoms with Gasteiger partial charge in [-0.3, -0.25) is 14.8 Å². The highest BCUT2D eigenvalue weighted by Crippen LogP contribution is 2.13. The summed E-state index contributed by atoms with van der Waals surface area (Å²) >= 11 is 0. The topological polar surface area (TPSA) is 114 Å². The molecule has 8 nitrogen and oxygen atoms in total. The van der Waals surface area contributed by atoms with Crippen molar-refractivity contribution in [3.63, 3.8) is 0 Å². The summed E-state index contributed by atoms with van der Waals surface area (Å²) in [5.41, 5.74) is 4.36. The molecule has 1 heterocycles. The molecule has 0 spiro atoms. The maximum Gasteiger partial charge on any atom is 0.313 e. The fraction of sp³-hybridized carbons (Fsp3) is 0.227. The molecule has 3 N–H and O–H groups in total. The molecule has 156 valence electrons. The molecule has 0 saturated heterocycles. The number of rotatable bonds is 10. The van der Waals surface area contributed by atoms with Crippen LogP contribution in [0.2, 0.25) is 0 Å². The van der Waals surface area contributed by atoms with Crippen LogP contribution in [0.15, 0.2) is 65.2 Å². The van der Waals surface area contributed by atoms with Gasteiger partial charge in [-0.15, -0.1) is 0 Å². The molecule has 1 aromatic heterocycles. The number of amides is 2. The molecule has 3 rings (SSSR count). The minimum absolute atomic E-state index is 0.123. The third-order valence-electron chi connectivity index (χ3n) is 4.46. The second-order valence-electron chi connectivity index (χ2n) is 6.57. The molecule has 0 aliphatic heterocycles. The first-order valence-corrected chi connectivity index (χ1v) is 9.61. The number of aryl methyl sites for hydroxylation is 2. The number of carbonyl (C=O) groups excluding carboxylic acids is 2. The zero-order chi connectivity index (χ0) is 21.2. The second-order valence-corrected chi connectivity index (χ2v) is 6.57. The summed E-state index contributed by atoms with van der Waals surface area (Å²) in [5.74, 6) is -0.961. The monoisotopic (exact) mass is 409 g/mol. The second kappa shape index (κ2) is 10.8. The van der Waals surface area contributed by atoms with Gasteiger partial charge in [0.05, 0.1) is 12.7 Å². The van der Waals surface area contributed by atoms with E-state index in [-0.39, 0.29) is 24.2 Å². The van der Waals surface area contributed by atoms with E-state index >= 15 is 0 Å². The summed E-state index contributed by atoms with van der Waals surface area (Å²) in [4.78, 5) is 23.7. The van der Waals surface area contributed by atoms with Gasteiger partial charge in [0.1, 0.15) is 0 Å². The molecule has 0 aliphatic carbocycles. The van der Waals surface area contributed by atoms with Gasteiger partial charge in [0.2, 0.25) is 5.76 Å². The lowest BCUT2D eigenvalue weighted by Gasteiger charge is -2.10. The quantitative estimate of drug-likeness (QED) is 0.270. The van der Waals surface area contributed by atoms with Crippen molar-refractivity contribution in [1.29, 1.82) is 0 Å². The van der Waals surface area contributed by atoms with Crippen molar-refractivity contribution in [2.75, 3.05) is 13.2 Å². The van der Waals surface area contributed by atoms with E-state index in [4.69, 9.17) is 14.5 Å². The highest BCUT2D eigenvalue weighted by molar-refractivity contribution is 5.95. The van der Waals surface area contributed by atoms with Gasteiger partial charge in [0.15, 0.2) is 0 Å². The Morgan fingerprint density at radius 3 is 2.57 bits per heavy atom. The summed E-state index contributed by atoms with van der Waals surface area (Å²) in [5, 5.41) is 15.0. The Bertz CT molecular complexity index is 972. The lowest BCUT2D eigenvalue weighted by Crippen LogP contribution is -2.26. The predicted octanol–water partition coefficient (Wildman–Crippen LogP) is 2.78. The van der Waals surface area contributed by atoms with Crippen molar-refractivity contribution >= 4 is 11.8 Å². The number of carbonyl (C=O) groups is 2. The largest absolute Gasteiger partial charge is 0.475 e. The summed E-state index contributed by atoms with van der Waals surface area (Å²) in [6.07, 6.45) is 2.20. The predicted molar refractivity (Wildman–Crippen MR) is 108 cm³/mol. The van der Waals surface area contributed by atoms with E-state index in [1.165, 1.54) is 17.1 Å². The number of hydrogen-bond donors (Lipinski definition) is 3. The number of hydroxylamine groups is 1. The molecule has 0 bridgehead atoms. The van der Waals surface area contributed by atoms with E-state index in [2.05, 4.69) is 22.6 Å². The van der Waals surface area contributed by atoms with Crippen LogP contribution >= 0.6 is 0 Å². The first kappa shape index (κ1) is 21.1. The van der Waals surface area contributed by atoms with Gasteiger partial charge in [0, 0.05) is 12.1 Å². The van der Waals surface area contributed by atoms with E-state index in [9.17, 15) is 9.59 Å². The van der Waals surface area contributed by atoms with Crippen LogP contribution in [-0.4, -0.2) is 35.3 Å². The zero-order valence-electron chi connectivity index (χ0n) is 16.3. The van der Waals surface area contributed by atoms with E-state index in [1.54, 1.807) is 0 Å². The Morgan fingerprint density at radius 2 is 1.77 bits per heavy atom. The molecular weight excluding hydrogens is 386 g/mol. The highest BCUT2D eigenvalue weighted by Gasteiger charge is 2.13. The van der Waals surface area contributed by atoms with Crippen molar-refractivity contribution < 1.29 is 24.1 Å². The number of ether oxygens (including phenoxy) is 1. The molecule has 3 aromatic rings. The SMILES string of the molecule is O=C(NO)c1cc(OCCCNC(=O)c2ccccc2CCc2ccccc2)no1. The van der Waals surface area contributed by atoms with Crippen molar-refractivity contribution in [2.24, 2.45) is 0 Å². The molecule has 0 atom stereocenters. The van der Waals surface area contributed by atoms with Gasteiger partial charge >= 0.3 is 5.91 Å². The highest BCUT2D eigenvalue weighted by atomic mass is 16.5. The minimum atomic E-state index is -0.810. The minimum Gasteiger partial charge on any atom is -0.475 e. The maximum atomic E-state index is 12.6. The summed E-state index contributed by atoms with van der Waals surface area (Å²) < 4.78 is 10.1. The Balaban J connectivity index is 1.43. The van der Waals surface area contributed by atoms with Gasteiger partial charge in [-0.05, 0) is 41.6 Å². The standard InChI is InChI=1S/C22H23N3O5/c26-21(23-13-6-14-29-20-15-19(30-25-20)22(27)24-28)18-10-5-4-9-17(18)12-11-16-7-2-1-3-8-16/h1-5,7-10,15,28H,6,11-14H2,(H,23,26)(H,24,27). The Kier molecular flexibility index (Phi) is 7.57. The van der Waals surface area contributed by atoms with Crippen LogP contribution in [0.25, 0.3) is 0 Å². The number of benzene rings is 2. The molecule has 0 aliphatic rings. The van der Waals surface area contributed by atoms with Gasteiger partial charge in [0.25, 0.3) is 11.8 Å². The van der Waals surface area contributed by atoms with Crippen molar-refractivity contribution in [3.05, 3.63) is 83.1 Å². The third-order valence-corrected chi connectivity index (χ3v) is 4.46. The molecule has 0 fully saturated rings. The Labute approximate surface area is 173 Å². The third kappa shape index (κ3) is 5.92. The van der Waals surface area contributed by atoms with Crippen LogP contribution < -0.4 is 15.5 Å². The fourth-order valence-electron chi connectivity index (χ4n) is 2.92. The maximum absolute atomic E-state index is 12.6. The lowest BCUT2D eigenvalue weighted by molar-refractivity contribution is 0.0666. The molecule has 2 aromatic carbocycles. The van der Waals surface area contributed by atoms with Crippen LogP contribution in [0.1, 0.15) is 38.5 Å². The smallest absolute Gasteiger partial charge is 0.313 e. The van der Waals surface area contributed by atoms with E-state index < -0.39 is 5.91 Å². The number of aromatic nitrogens is 1. The first-order valence-electron chi connectivity index (χ1n) is 9.61. The average molecular weight is 409 g/mol. The van der Waals surface area contributed by atoms with Crippen molar-refractivity contribution in [1.82, 2.24) is 16.0 Å². The van der Waals surface area contributed by atoms with Crippen molar-refractivity contribution in [3.8, 4) is 5.88 Å². The zero-order valence-corrected chi connectivity index (χ0v) is 16.3. The molecule has 0 saturated carbocycles. The van der Waals surface area contributed by atoms with Crippen LogP contribution in [0.3, 0.4) is 0 Å². The molecule has 0 radical (unpaired) electrons. The van der Waals surface area contributed by atoms with Gasteiger partial charge in [-0.25, -0.2) is 5.48 Å². The summed E-state index contributed by atoms with van der Waals surface area (Å²) in [6.45, 7) is 0.705. The molecule has 8 heteroatoms. The average Bonchev–Trinajstić information content (AvgIpc) is 3.26. The van der Waals surface area contributed by atoms with Gasteiger partial charge in [-0.2, -0.15) is 0 Å². The first-order chi connectivity index (χ1) is 14.7. The van der Waals surface area contributed by atoms with E-state index in [0.29, 0.717) is 18.5 Å². The molecular formula is C22H23N3O5. The summed E-state index contributed by atoms with van der Waals surface area (Å²) in [6, 6.07) is 19.0. The molecule has 30 heavy (non-hydrogen) atoms. The number of nitrogens with zero attached hydrogens (tertiary/aromatic N) is 1. The van der Waals surface area contributed by atoms with Crippen LogP contribution in [0, 0.1) is 0 Å². The number of hydrogen-bond acceptors (Lipinski definition) is 6. The van der Waals surface area contributed by atoms with Crippen LogP contribution in [-0.2, 0) is 12.8 Å². The van der Waals surface area contributed by atoms with Crippen LogP contribution in [0.4, 0.5) is 0 Å². The molecule has 0 unspecified atom stereocenters. The Morgan fingerprint density at radius 1 is 1.00 bits per heavy atom. The number of nitrogens with one attached hydrogen (secondary N) is 2.